The van der Waals surface area contributed by atoms with E-state index in [1.165, 1.54) is 12.1 Å². The number of nitrogens with zero attached hydrogens (tertiary/aromatic N) is 1. The normalized spacial score (nSPS) is 21.3. The van der Waals surface area contributed by atoms with E-state index < -0.39 is 11.7 Å². The molecule has 0 unspecified atom stereocenters. The SMILES string of the molecule is Cc1ccc2c(c1)N[C@@]1(CCC(=O)N([C@H](C)C(=O)NCc3cccc(F)c3)CC1)NC2=O. The number of carbonyl (C=O) groups excluding carboxylic acids is 3. The lowest BCUT2D eigenvalue weighted by molar-refractivity contribution is -0.139. The van der Waals surface area contributed by atoms with Crippen LogP contribution < -0.4 is 16.0 Å². The van der Waals surface area contributed by atoms with Crippen LogP contribution >= 0.6 is 0 Å². The molecule has 2 aromatic rings. The molecule has 0 bridgehead atoms. The van der Waals surface area contributed by atoms with Crippen molar-refractivity contribution in [1.82, 2.24) is 15.5 Å². The van der Waals surface area contributed by atoms with Crippen LogP contribution in [-0.2, 0) is 16.1 Å². The fourth-order valence-corrected chi connectivity index (χ4v) is 4.34. The molecule has 0 aromatic heterocycles. The first-order valence-electron chi connectivity index (χ1n) is 10.8. The van der Waals surface area contributed by atoms with E-state index in [4.69, 9.17) is 0 Å². The van der Waals surface area contributed by atoms with Crippen LogP contribution in [0.5, 0.6) is 0 Å². The van der Waals surface area contributed by atoms with E-state index in [2.05, 4.69) is 16.0 Å². The first-order chi connectivity index (χ1) is 15.3. The number of likely N-dealkylation sites (tertiary alicyclic amines) is 1. The largest absolute Gasteiger partial charge is 0.362 e. The second-order valence-corrected chi connectivity index (χ2v) is 8.57. The van der Waals surface area contributed by atoms with Crippen molar-refractivity contribution in [2.24, 2.45) is 0 Å². The minimum absolute atomic E-state index is 0.138. The minimum Gasteiger partial charge on any atom is -0.362 e. The molecule has 2 heterocycles. The van der Waals surface area contributed by atoms with Gasteiger partial charge in [-0.1, -0.05) is 18.2 Å². The maximum atomic E-state index is 13.4. The van der Waals surface area contributed by atoms with Gasteiger partial charge in [-0.25, -0.2) is 4.39 Å². The monoisotopic (exact) mass is 438 g/mol. The number of fused-ring (bicyclic) bond motifs is 1. The van der Waals surface area contributed by atoms with Gasteiger partial charge in [0.1, 0.15) is 17.5 Å². The molecule has 7 nitrogen and oxygen atoms in total. The van der Waals surface area contributed by atoms with Crippen LogP contribution in [0.1, 0.15) is 47.7 Å². The Kier molecular flexibility index (Phi) is 5.86. The van der Waals surface area contributed by atoms with Gasteiger partial charge < -0.3 is 20.9 Å². The first kappa shape index (κ1) is 21.8. The third kappa shape index (κ3) is 4.44. The molecule has 1 spiro atoms. The molecule has 1 fully saturated rings. The number of rotatable bonds is 4. The van der Waals surface area contributed by atoms with Gasteiger partial charge in [0.15, 0.2) is 0 Å². The summed E-state index contributed by atoms with van der Waals surface area (Å²) < 4.78 is 13.4. The first-order valence-corrected chi connectivity index (χ1v) is 10.8. The van der Waals surface area contributed by atoms with Crippen LogP contribution in [0.25, 0.3) is 0 Å². The second-order valence-electron chi connectivity index (χ2n) is 8.57. The number of nitrogens with one attached hydrogen (secondary N) is 3. The lowest BCUT2D eigenvalue weighted by Crippen LogP contribution is -2.58. The summed E-state index contributed by atoms with van der Waals surface area (Å²) in [5.41, 5.74) is 2.29. The van der Waals surface area contributed by atoms with Gasteiger partial charge in [0.25, 0.3) is 5.91 Å². The van der Waals surface area contributed by atoms with E-state index in [0.29, 0.717) is 30.5 Å². The van der Waals surface area contributed by atoms with E-state index in [1.54, 1.807) is 30.0 Å². The molecule has 2 aromatic carbocycles. The highest BCUT2D eigenvalue weighted by atomic mass is 19.1. The van der Waals surface area contributed by atoms with Gasteiger partial charge >= 0.3 is 0 Å². The molecule has 4 rings (SSSR count). The standard InChI is InChI=1S/C24H27FN4O3/c1-15-6-7-19-20(12-15)27-24(28-23(19)32)9-8-21(30)29(11-10-24)16(2)22(31)26-14-17-4-3-5-18(25)13-17/h3-7,12-13,16,27H,8-11,14H2,1-2H3,(H,26,31)(H,28,32)/t16-,24+/m1/s1. The molecular formula is C24H27FN4O3. The third-order valence-corrected chi connectivity index (χ3v) is 6.21. The Balaban J connectivity index is 1.43. The highest BCUT2D eigenvalue weighted by Gasteiger charge is 2.41. The molecule has 0 aliphatic carbocycles. The summed E-state index contributed by atoms with van der Waals surface area (Å²) in [6.45, 7) is 4.15. The van der Waals surface area contributed by atoms with Crippen molar-refractivity contribution in [3.8, 4) is 0 Å². The summed E-state index contributed by atoms with van der Waals surface area (Å²) in [4.78, 5) is 39.8. The summed E-state index contributed by atoms with van der Waals surface area (Å²) in [5.74, 6) is -0.973. The van der Waals surface area contributed by atoms with E-state index in [0.717, 1.165) is 11.3 Å². The maximum absolute atomic E-state index is 13.4. The van der Waals surface area contributed by atoms with Crippen LogP contribution in [0, 0.1) is 12.7 Å². The predicted molar refractivity (Wildman–Crippen MR) is 118 cm³/mol. The quantitative estimate of drug-likeness (QED) is 0.685. The molecule has 8 heteroatoms. The van der Waals surface area contributed by atoms with Gasteiger partial charge in [-0.15, -0.1) is 0 Å². The van der Waals surface area contributed by atoms with Crippen LogP contribution in [-0.4, -0.2) is 40.9 Å². The lowest BCUT2D eigenvalue weighted by atomic mass is 9.94. The average Bonchev–Trinajstić information content (AvgIpc) is 2.90. The summed E-state index contributed by atoms with van der Waals surface area (Å²) in [6, 6.07) is 11.0. The van der Waals surface area contributed by atoms with Crippen molar-refractivity contribution >= 4 is 23.4 Å². The zero-order chi connectivity index (χ0) is 22.9. The Morgan fingerprint density at radius 2 is 2.00 bits per heavy atom. The molecule has 168 valence electrons. The number of amides is 3. The van der Waals surface area contributed by atoms with Crippen molar-refractivity contribution in [2.75, 3.05) is 11.9 Å². The molecule has 3 N–H and O–H groups in total. The van der Waals surface area contributed by atoms with Crippen LogP contribution in [0.4, 0.5) is 10.1 Å². The average molecular weight is 439 g/mol. The highest BCUT2D eigenvalue weighted by Crippen LogP contribution is 2.32. The van der Waals surface area contributed by atoms with Gasteiger partial charge in [0, 0.05) is 31.6 Å². The van der Waals surface area contributed by atoms with Gasteiger partial charge in [-0.2, -0.15) is 0 Å². The zero-order valence-corrected chi connectivity index (χ0v) is 18.2. The van der Waals surface area contributed by atoms with E-state index >= 15 is 0 Å². The number of hydrogen-bond donors (Lipinski definition) is 3. The van der Waals surface area contributed by atoms with Crippen LogP contribution in [0.2, 0.25) is 0 Å². The van der Waals surface area contributed by atoms with Crippen LogP contribution in [0.3, 0.4) is 0 Å². The molecule has 0 saturated carbocycles. The molecule has 0 radical (unpaired) electrons. The molecule has 2 aliphatic heterocycles. The lowest BCUT2D eigenvalue weighted by Gasteiger charge is -2.40. The van der Waals surface area contributed by atoms with E-state index in [-0.39, 0.29) is 36.5 Å². The number of aryl methyl sites for hydroxylation is 1. The number of anilines is 1. The Morgan fingerprint density at radius 3 is 2.78 bits per heavy atom. The summed E-state index contributed by atoms with van der Waals surface area (Å²) in [7, 11) is 0. The fourth-order valence-electron chi connectivity index (χ4n) is 4.34. The third-order valence-electron chi connectivity index (χ3n) is 6.21. The molecule has 1 saturated heterocycles. The molecule has 3 amide bonds. The Hall–Kier alpha value is -3.42. The maximum Gasteiger partial charge on any atom is 0.255 e. The fraction of sp³-hybridized carbons (Fsp3) is 0.375. The summed E-state index contributed by atoms with van der Waals surface area (Å²) >= 11 is 0. The minimum atomic E-state index is -0.736. The molecule has 32 heavy (non-hydrogen) atoms. The predicted octanol–water partition coefficient (Wildman–Crippen LogP) is 2.70. The van der Waals surface area contributed by atoms with E-state index in [9.17, 15) is 18.8 Å². The van der Waals surface area contributed by atoms with Crippen molar-refractivity contribution in [1.29, 1.82) is 0 Å². The topological polar surface area (TPSA) is 90.5 Å². The van der Waals surface area contributed by atoms with E-state index in [1.807, 2.05) is 19.1 Å². The Labute approximate surface area is 186 Å². The van der Waals surface area contributed by atoms with Gasteiger partial charge in [-0.05, 0) is 55.7 Å². The molecule has 2 aliphatic rings. The second kappa shape index (κ2) is 8.61. The molecular weight excluding hydrogens is 411 g/mol. The number of halogens is 1. The molecule has 2 atom stereocenters. The number of hydrogen-bond acceptors (Lipinski definition) is 4. The Bertz CT molecular complexity index is 1070. The van der Waals surface area contributed by atoms with Crippen molar-refractivity contribution in [3.63, 3.8) is 0 Å². The summed E-state index contributed by atoms with van der Waals surface area (Å²) in [5, 5.41) is 9.26. The smallest absolute Gasteiger partial charge is 0.255 e. The zero-order valence-electron chi connectivity index (χ0n) is 18.2. The van der Waals surface area contributed by atoms with Crippen molar-refractivity contribution in [3.05, 3.63) is 65.0 Å². The summed E-state index contributed by atoms with van der Waals surface area (Å²) in [6.07, 6.45) is 1.11. The van der Waals surface area contributed by atoms with Gasteiger partial charge in [0.2, 0.25) is 11.8 Å². The van der Waals surface area contributed by atoms with Crippen molar-refractivity contribution in [2.45, 2.75) is 51.4 Å². The Morgan fingerprint density at radius 1 is 1.19 bits per heavy atom. The highest BCUT2D eigenvalue weighted by molar-refractivity contribution is 6.02. The number of benzene rings is 2. The van der Waals surface area contributed by atoms with Crippen molar-refractivity contribution < 1.29 is 18.8 Å². The number of carbonyl (C=O) groups is 3. The van der Waals surface area contributed by atoms with Gasteiger partial charge in [0.05, 0.1) is 5.56 Å². The van der Waals surface area contributed by atoms with Gasteiger partial charge in [-0.3, -0.25) is 14.4 Å². The van der Waals surface area contributed by atoms with Crippen LogP contribution in [0.15, 0.2) is 42.5 Å².